The average molecular weight is 271 g/mol. The molecule has 0 saturated carbocycles. The quantitative estimate of drug-likeness (QED) is 0.535. The molecule has 0 saturated heterocycles. The van der Waals surface area contributed by atoms with Gasteiger partial charge in [-0.3, -0.25) is 9.59 Å². The van der Waals surface area contributed by atoms with E-state index in [1.54, 1.807) is 0 Å². The van der Waals surface area contributed by atoms with Gasteiger partial charge in [0.05, 0.1) is 0 Å². The molecule has 0 aromatic heterocycles. The summed E-state index contributed by atoms with van der Waals surface area (Å²) in [5.41, 5.74) is 0. The van der Waals surface area contributed by atoms with E-state index in [9.17, 15) is 9.59 Å². The number of carbonyl (C=O) groups is 2. The van der Waals surface area contributed by atoms with Crippen molar-refractivity contribution >= 4 is 11.9 Å². The lowest BCUT2D eigenvalue weighted by atomic mass is 9.94. The van der Waals surface area contributed by atoms with Crippen LogP contribution in [0.15, 0.2) is 0 Å². The summed E-state index contributed by atoms with van der Waals surface area (Å²) < 4.78 is 0. The van der Waals surface area contributed by atoms with E-state index in [4.69, 9.17) is 5.11 Å². The molecule has 0 bridgehead atoms. The second kappa shape index (κ2) is 12.0. The van der Waals surface area contributed by atoms with Crippen molar-refractivity contribution in [3.8, 4) is 0 Å². The maximum atomic E-state index is 11.5. The highest BCUT2D eigenvalue weighted by molar-refractivity contribution is 5.75. The Bertz CT molecular complexity index is 254. The van der Waals surface area contributed by atoms with Crippen molar-refractivity contribution in [2.45, 2.75) is 71.6 Å². The Balaban J connectivity index is 3.72. The molecule has 1 amide bonds. The fourth-order valence-corrected chi connectivity index (χ4v) is 2.21. The summed E-state index contributed by atoms with van der Waals surface area (Å²) in [6.45, 7) is 4.90. The van der Waals surface area contributed by atoms with Gasteiger partial charge in [0.25, 0.3) is 0 Å². The van der Waals surface area contributed by atoms with Crippen LogP contribution in [0.1, 0.15) is 71.6 Å². The van der Waals surface area contributed by atoms with Crippen LogP contribution in [0.4, 0.5) is 0 Å². The topological polar surface area (TPSA) is 66.4 Å². The monoisotopic (exact) mass is 271 g/mol. The maximum Gasteiger partial charge on any atom is 0.303 e. The Morgan fingerprint density at radius 1 is 1.00 bits per heavy atom. The minimum Gasteiger partial charge on any atom is -0.481 e. The van der Waals surface area contributed by atoms with Gasteiger partial charge >= 0.3 is 5.97 Å². The van der Waals surface area contributed by atoms with Crippen molar-refractivity contribution in [2.24, 2.45) is 5.92 Å². The van der Waals surface area contributed by atoms with Crippen LogP contribution in [0.2, 0.25) is 0 Å². The Hall–Kier alpha value is -1.06. The Morgan fingerprint density at radius 3 is 2.32 bits per heavy atom. The average Bonchev–Trinajstić information content (AvgIpc) is 2.36. The van der Waals surface area contributed by atoms with Crippen LogP contribution in [0.3, 0.4) is 0 Å². The van der Waals surface area contributed by atoms with Crippen LogP contribution in [0.5, 0.6) is 0 Å². The van der Waals surface area contributed by atoms with E-state index >= 15 is 0 Å². The Morgan fingerprint density at radius 2 is 1.74 bits per heavy atom. The number of unbranched alkanes of at least 4 members (excludes halogenated alkanes) is 2. The molecule has 2 N–H and O–H groups in total. The van der Waals surface area contributed by atoms with Gasteiger partial charge < -0.3 is 10.4 Å². The van der Waals surface area contributed by atoms with Crippen LogP contribution in [-0.2, 0) is 9.59 Å². The van der Waals surface area contributed by atoms with E-state index in [1.807, 2.05) is 0 Å². The van der Waals surface area contributed by atoms with E-state index in [1.165, 1.54) is 0 Å². The fraction of sp³-hybridized carbons (Fsp3) is 0.867. The SMILES string of the molecule is CCCCCC(=O)NCCC(CCC)CCC(=O)O. The first-order valence-corrected chi connectivity index (χ1v) is 7.58. The van der Waals surface area contributed by atoms with Gasteiger partial charge in [-0.25, -0.2) is 0 Å². The van der Waals surface area contributed by atoms with Crippen molar-refractivity contribution < 1.29 is 14.7 Å². The zero-order chi connectivity index (χ0) is 14.5. The van der Waals surface area contributed by atoms with Crippen molar-refractivity contribution in [2.75, 3.05) is 6.54 Å². The van der Waals surface area contributed by atoms with Crippen molar-refractivity contribution in [3.05, 3.63) is 0 Å². The van der Waals surface area contributed by atoms with E-state index in [2.05, 4.69) is 19.2 Å². The lowest BCUT2D eigenvalue weighted by molar-refractivity contribution is -0.137. The molecule has 0 aromatic carbocycles. The molecular formula is C15H29NO3. The fourth-order valence-electron chi connectivity index (χ4n) is 2.21. The molecule has 0 fully saturated rings. The summed E-state index contributed by atoms with van der Waals surface area (Å²) in [4.78, 5) is 22.1. The first kappa shape index (κ1) is 17.9. The molecule has 0 aliphatic heterocycles. The number of carboxylic acid groups (broad SMARTS) is 1. The minimum absolute atomic E-state index is 0.127. The molecule has 4 nitrogen and oxygen atoms in total. The van der Waals surface area contributed by atoms with Crippen molar-refractivity contribution in [1.82, 2.24) is 5.32 Å². The normalized spacial score (nSPS) is 12.1. The molecule has 0 spiro atoms. The van der Waals surface area contributed by atoms with Gasteiger partial charge in [0, 0.05) is 19.4 Å². The predicted molar refractivity (Wildman–Crippen MR) is 77.0 cm³/mol. The maximum absolute atomic E-state index is 11.5. The van der Waals surface area contributed by atoms with Crippen LogP contribution in [0.25, 0.3) is 0 Å². The number of rotatable bonds is 12. The molecular weight excluding hydrogens is 242 g/mol. The summed E-state index contributed by atoms with van der Waals surface area (Å²) >= 11 is 0. The highest BCUT2D eigenvalue weighted by Crippen LogP contribution is 2.17. The molecule has 0 radical (unpaired) electrons. The van der Waals surface area contributed by atoms with Crippen LogP contribution in [-0.4, -0.2) is 23.5 Å². The summed E-state index contributed by atoms with van der Waals surface area (Å²) in [5.74, 6) is -0.191. The van der Waals surface area contributed by atoms with E-state index in [0.29, 0.717) is 18.9 Å². The number of hydrogen-bond donors (Lipinski definition) is 2. The number of carboxylic acids is 1. The van der Waals surface area contributed by atoms with Crippen LogP contribution >= 0.6 is 0 Å². The third-order valence-corrected chi connectivity index (χ3v) is 3.35. The van der Waals surface area contributed by atoms with E-state index in [-0.39, 0.29) is 12.3 Å². The first-order valence-electron chi connectivity index (χ1n) is 7.58. The van der Waals surface area contributed by atoms with Crippen LogP contribution in [0, 0.1) is 5.92 Å². The zero-order valence-corrected chi connectivity index (χ0v) is 12.4. The molecule has 1 unspecified atom stereocenters. The second-order valence-electron chi connectivity index (χ2n) is 5.18. The minimum atomic E-state index is -0.732. The number of aliphatic carboxylic acids is 1. The molecule has 112 valence electrons. The largest absolute Gasteiger partial charge is 0.481 e. The highest BCUT2D eigenvalue weighted by atomic mass is 16.4. The smallest absolute Gasteiger partial charge is 0.303 e. The van der Waals surface area contributed by atoms with Gasteiger partial charge in [-0.2, -0.15) is 0 Å². The third kappa shape index (κ3) is 11.7. The Kier molecular flexibility index (Phi) is 11.3. The molecule has 0 aliphatic rings. The molecule has 4 heteroatoms. The Labute approximate surface area is 117 Å². The van der Waals surface area contributed by atoms with Gasteiger partial charge in [-0.05, 0) is 25.2 Å². The lowest BCUT2D eigenvalue weighted by Gasteiger charge is -2.15. The van der Waals surface area contributed by atoms with Gasteiger partial charge in [0.2, 0.25) is 5.91 Å². The van der Waals surface area contributed by atoms with Crippen LogP contribution < -0.4 is 5.32 Å². The summed E-state index contributed by atoms with van der Waals surface area (Å²) in [6.07, 6.45) is 7.74. The molecule has 0 heterocycles. The number of nitrogens with one attached hydrogen (secondary N) is 1. The molecule has 19 heavy (non-hydrogen) atoms. The molecule has 0 aromatic rings. The molecule has 0 rings (SSSR count). The van der Waals surface area contributed by atoms with E-state index in [0.717, 1.165) is 44.9 Å². The van der Waals surface area contributed by atoms with Crippen molar-refractivity contribution in [1.29, 1.82) is 0 Å². The van der Waals surface area contributed by atoms with Gasteiger partial charge in [-0.15, -0.1) is 0 Å². The summed E-state index contributed by atoms with van der Waals surface area (Å²) in [7, 11) is 0. The number of carbonyl (C=O) groups excluding carboxylic acids is 1. The summed E-state index contributed by atoms with van der Waals surface area (Å²) in [5, 5.41) is 11.6. The van der Waals surface area contributed by atoms with Gasteiger partial charge in [0.15, 0.2) is 0 Å². The third-order valence-electron chi connectivity index (χ3n) is 3.35. The standard InChI is InChI=1S/C15H29NO3/c1-3-5-6-8-14(17)16-12-11-13(7-4-2)9-10-15(18)19/h13H,3-12H2,1-2H3,(H,16,17)(H,18,19). The van der Waals surface area contributed by atoms with Gasteiger partial charge in [-0.1, -0.05) is 39.5 Å². The zero-order valence-electron chi connectivity index (χ0n) is 12.4. The number of hydrogen-bond acceptors (Lipinski definition) is 2. The first-order chi connectivity index (χ1) is 9.10. The number of amides is 1. The van der Waals surface area contributed by atoms with Gasteiger partial charge in [0.1, 0.15) is 0 Å². The van der Waals surface area contributed by atoms with Crippen molar-refractivity contribution in [3.63, 3.8) is 0 Å². The lowest BCUT2D eigenvalue weighted by Crippen LogP contribution is -2.25. The molecule has 1 atom stereocenters. The molecule has 0 aliphatic carbocycles. The predicted octanol–water partition coefficient (Wildman–Crippen LogP) is 3.35. The highest BCUT2D eigenvalue weighted by Gasteiger charge is 2.10. The summed E-state index contributed by atoms with van der Waals surface area (Å²) in [6, 6.07) is 0. The van der Waals surface area contributed by atoms with E-state index < -0.39 is 5.97 Å². The second-order valence-corrected chi connectivity index (χ2v) is 5.18.